The SMILES string of the molecule is COC(=O)[C@H](Cc1nn(C(=O)O)c2cc(Br)ccc12)NC(=O)OCc1ccccc1. The van der Waals surface area contributed by atoms with Crippen LogP contribution in [0.5, 0.6) is 0 Å². The first kappa shape index (κ1) is 21.3. The number of halogens is 1. The number of carbonyl (C=O) groups excluding carboxylic acids is 2. The highest BCUT2D eigenvalue weighted by atomic mass is 79.9. The Morgan fingerprint density at radius 3 is 2.60 bits per heavy atom. The Kier molecular flexibility index (Phi) is 6.68. The summed E-state index contributed by atoms with van der Waals surface area (Å²) in [6, 6.07) is 13.0. The van der Waals surface area contributed by atoms with E-state index in [0.29, 0.717) is 21.1 Å². The van der Waals surface area contributed by atoms with Gasteiger partial charge in [0.25, 0.3) is 0 Å². The summed E-state index contributed by atoms with van der Waals surface area (Å²) in [6.07, 6.45) is -2.15. The number of amides is 1. The first-order valence-electron chi connectivity index (χ1n) is 8.84. The van der Waals surface area contributed by atoms with Gasteiger partial charge >= 0.3 is 18.2 Å². The molecule has 0 aliphatic heterocycles. The van der Waals surface area contributed by atoms with E-state index in [0.717, 1.165) is 10.2 Å². The van der Waals surface area contributed by atoms with E-state index < -0.39 is 24.2 Å². The fourth-order valence-corrected chi connectivity index (χ4v) is 3.23. The number of alkyl carbamates (subject to hydrolysis) is 1. The summed E-state index contributed by atoms with van der Waals surface area (Å²) in [4.78, 5) is 35.9. The molecule has 0 aliphatic carbocycles. The number of fused-ring (bicyclic) bond motifs is 1. The molecular formula is C20H18BrN3O6. The smallest absolute Gasteiger partial charge is 0.432 e. The van der Waals surface area contributed by atoms with Gasteiger partial charge in [-0.05, 0) is 23.8 Å². The lowest BCUT2D eigenvalue weighted by molar-refractivity contribution is -0.143. The number of ether oxygens (including phenoxy) is 2. The maximum absolute atomic E-state index is 12.2. The number of hydrogen-bond donors (Lipinski definition) is 2. The van der Waals surface area contributed by atoms with Crippen LogP contribution >= 0.6 is 15.9 Å². The van der Waals surface area contributed by atoms with E-state index in [1.165, 1.54) is 7.11 Å². The van der Waals surface area contributed by atoms with Crippen LogP contribution in [-0.2, 0) is 27.3 Å². The van der Waals surface area contributed by atoms with Crippen LogP contribution in [0, 0.1) is 0 Å². The number of aromatic nitrogens is 2. The normalized spacial score (nSPS) is 11.7. The molecule has 3 rings (SSSR count). The Balaban J connectivity index is 1.79. The summed E-state index contributed by atoms with van der Waals surface area (Å²) in [5, 5.41) is 16.5. The first-order valence-corrected chi connectivity index (χ1v) is 9.64. The number of esters is 1. The molecule has 2 aromatic carbocycles. The third-order valence-corrected chi connectivity index (χ3v) is 4.78. The average molecular weight is 476 g/mol. The summed E-state index contributed by atoms with van der Waals surface area (Å²) in [5.74, 6) is -0.707. The first-order chi connectivity index (χ1) is 14.4. The van der Waals surface area contributed by atoms with Crippen molar-refractivity contribution in [2.75, 3.05) is 7.11 Å². The van der Waals surface area contributed by atoms with Crippen molar-refractivity contribution < 1.29 is 29.0 Å². The summed E-state index contributed by atoms with van der Waals surface area (Å²) < 4.78 is 11.4. The van der Waals surface area contributed by atoms with Crippen molar-refractivity contribution in [3.8, 4) is 0 Å². The van der Waals surface area contributed by atoms with Crippen LogP contribution in [0.25, 0.3) is 10.9 Å². The number of hydrogen-bond acceptors (Lipinski definition) is 6. The zero-order valence-electron chi connectivity index (χ0n) is 15.9. The lowest BCUT2D eigenvalue weighted by Gasteiger charge is -2.15. The zero-order chi connectivity index (χ0) is 21.7. The van der Waals surface area contributed by atoms with Crippen molar-refractivity contribution >= 4 is 45.0 Å². The molecule has 30 heavy (non-hydrogen) atoms. The van der Waals surface area contributed by atoms with Gasteiger partial charge in [-0.2, -0.15) is 9.78 Å². The van der Waals surface area contributed by atoms with E-state index in [4.69, 9.17) is 9.47 Å². The second kappa shape index (κ2) is 9.40. The van der Waals surface area contributed by atoms with E-state index in [9.17, 15) is 19.5 Å². The third kappa shape index (κ3) is 4.95. The van der Waals surface area contributed by atoms with Crippen molar-refractivity contribution in [3.63, 3.8) is 0 Å². The van der Waals surface area contributed by atoms with Crippen LogP contribution < -0.4 is 5.32 Å². The molecule has 1 aromatic heterocycles. The third-order valence-electron chi connectivity index (χ3n) is 4.29. The van der Waals surface area contributed by atoms with Gasteiger partial charge in [-0.3, -0.25) is 0 Å². The number of methoxy groups -OCH3 is 1. The van der Waals surface area contributed by atoms with Crippen LogP contribution in [0.1, 0.15) is 11.3 Å². The van der Waals surface area contributed by atoms with Gasteiger partial charge in [-0.15, -0.1) is 0 Å². The number of rotatable bonds is 6. The van der Waals surface area contributed by atoms with E-state index >= 15 is 0 Å². The number of carboxylic acid groups (broad SMARTS) is 1. The molecule has 2 N–H and O–H groups in total. The van der Waals surface area contributed by atoms with Gasteiger partial charge in [0.15, 0.2) is 0 Å². The molecule has 10 heteroatoms. The zero-order valence-corrected chi connectivity index (χ0v) is 17.5. The Bertz CT molecular complexity index is 1080. The van der Waals surface area contributed by atoms with E-state index in [2.05, 4.69) is 26.3 Å². The Morgan fingerprint density at radius 1 is 1.20 bits per heavy atom. The molecule has 9 nitrogen and oxygen atoms in total. The lowest BCUT2D eigenvalue weighted by Crippen LogP contribution is -2.43. The van der Waals surface area contributed by atoms with E-state index in [1.54, 1.807) is 30.3 Å². The Labute approximate surface area is 179 Å². The highest BCUT2D eigenvalue weighted by Crippen LogP contribution is 2.24. The average Bonchev–Trinajstić information content (AvgIpc) is 3.09. The van der Waals surface area contributed by atoms with Crippen LogP contribution in [-0.4, -0.2) is 46.2 Å². The molecular weight excluding hydrogens is 458 g/mol. The predicted molar refractivity (Wildman–Crippen MR) is 110 cm³/mol. The highest BCUT2D eigenvalue weighted by Gasteiger charge is 2.26. The van der Waals surface area contributed by atoms with Crippen LogP contribution in [0.3, 0.4) is 0 Å². The highest BCUT2D eigenvalue weighted by molar-refractivity contribution is 9.10. The quantitative estimate of drug-likeness (QED) is 0.524. The maximum atomic E-state index is 12.2. The topological polar surface area (TPSA) is 120 Å². The van der Waals surface area contributed by atoms with Crippen LogP contribution in [0.15, 0.2) is 53.0 Å². The fourth-order valence-electron chi connectivity index (χ4n) is 2.89. The summed E-state index contributed by atoms with van der Waals surface area (Å²) in [6.45, 7) is 0.0329. The van der Waals surface area contributed by atoms with Gasteiger partial charge in [0.1, 0.15) is 12.6 Å². The fraction of sp³-hybridized carbons (Fsp3) is 0.200. The summed E-state index contributed by atoms with van der Waals surface area (Å²) in [5.41, 5.74) is 1.46. The van der Waals surface area contributed by atoms with E-state index in [-0.39, 0.29) is 13.0 Å². The van der Waals surface area contributed by atoms with Gasteiger partial charge in [0.05, 0.1) is 18.3 Å². The van der Waals surface area contributed by atoms with Crippen molar-refractivity contribution in [1.82, 2.24) is 15.1 Å². The molecule has 1 amide bonds. The molecule has 0 radical (unpaired) electrons. The summed E-state index contributed by atoms with van der Waals surface area (Å²) in [7, 11) is 1.19. The maximum Gasteiger partial charge on any atom is 0.432 e. The summed E-state index contributed by atoms with van der Waals surface area (Å²) >= 11 is 3.30. The Hall–Kier alpha value is -3.40. The molecule has 0 saturated heterocycles. The molecule has 0 unspecified atom stereocenters. The van der Waals surface area contributed by atoms with E-state index in [1.807, 2.05) is 18.2 Å². The molecule has 156 valence electrons. The van der Waals surface area contributed by atoms with Gasteiger partial charge < -0.3 is 19.9 Å². The number of benzene rings is 2. The lowest BCUT2D eigenvalue weighted by atomic mass is 10.1. The minimum atomic E-state index is -1.27. The van der Waals surface area contributed by atoms with Gasteiger partial charge in [-0.1, -0.05) is 46.3 Å². The molecule has 0 spiro atoms. The molecule has 0 fully saturated rings. The minimum Gasteiger partial charge on any atom is -0.467 e. The monoisotopic (exact) mass is 475 g/mol. The van der Waals surface area contributed by atoms with Crippen LogP contribution in [0.2, 0.25) is 0 Å². The second-order valence-corrected chi connectivity index (χ2v) is 7.20. The molecule has 1 heterocycles. The largest absolute Gasteiger partial charge is 0.467 e. The minimum absolute atomic E-state index is 0.0329. The molecule has 0 saturated carbocycles. The Morgan fingerprint density at radius 2 is 1.93 bits per heavy atom. The molecule has 1 atom stereocenters. The number of carbonyl (C=O) groups is 3. The number of nitrogens with zero attached hydrogens (tertiary/aromatic N) is 2. The predicted octanol–water partition coefficient (Wildman–Crippen LogP) is 3.34. The van der Waals surface area contributed by atoms with Crippen molar-refractivity contribution in [3.05, 3.63) is 64.3 Å². The molecule has 3 aromatic rings. The molecule has 0 aliphatic rings. The van der Waals surface area contributed by atoms with Crippen molar-refractivity contribution in [2.45, 2.75) is 19.1 Å². The van der Waals surface area contributed by atoms with Crippen LogP contribution in [0.4, 0.5) is 9.59 Å². The standard InChI is InChI=1S/C20H18BrN3O6/c1-29-18(25)16(22-19(26)30-11-12-5-3-2-4-6-12)10-15-14-8-7-13(21)9-17(14)24(23-15)20(27)28/h2-9,16H,10-11H2,1H3,(H,22,26)(H,27,28)/t16-/m0/s1. The second-order valence-electron chi connectivity index (χ2n) is 6.29. The van der Waals surface area contributed by atoms with Crippen molar-refractivity contribution in [1.29, 1.82) is 0 Å². The number of nitrogens with one attached hydrogen (secondary N) is 1. The van der Waals surface area contributed by atoms with Gasteiger partial charge in [0, 0.05) is 16.3 Å². The van der Waals surface area contributed by atoms with Crippen molar-refractivity contribution in [2.24, 2.45) is 0 Å². The van der Waals surface area contributed by atoms with Gasteiger partial charge in [-0.25, -0.2) is 14.4 Å². The van der Waals surface area contributed by atoms with Gasteiger partial charge in [0.2, 0.25) is 0 Å². The molecule has 0 bridgehead atoms.